The summed E-state index contributed by atoms with van der Waals surface area (Å²) in [6.07, 6.45) is 0. The lowest BCUT2D eigenvalue weighted by atomic mass is 10.1. The molecule has 0 saturated carbocycles. The lowest BCUT2D eigenvalue weighted by Crippen LogP contribution is -2.29. The van der Waals surface area contributed by atoms with Gasteiger partial charge in [0.05, 0.1) is 15.3 Å². The van der Waals surface area contributed by atoms with Crippen molar-refractivity contribution in [3.8, 4) is 0 Å². The van der Waals surface area contributed by atoms with E-state index in [9.17, 15) is 23.3 Å². The summed E-state index contributed by atoms with van der Waals surface area (Å²) in [4.78, 5) is 22.4. The van der Waals surface area contributed by atoms with E-state index < -0.39 is 20.5 Å². The lowest BCUT2D eigenvalue weighted by Gasteiger charge is -2.13. The average molecular weight is 359 g/mol. The van der Waals surface area contributed by atoms with Crippen molar-refractivity contribution in [1.82, 2.24) is 3.97 Å². The molecule has 1 aromatic heterocycles. The first-order valence-electron chi connectivity index (χ1n) is 7.14. The molecule has 0 bridgehead atoms. The second-order valence-electron chi connectivity index (χ2n) is 5.47. The number of hydrogen-bond donors (Lipinski definition) is 1. The fourth-order valence-electron chi connectivity index (χ4n) is 2.52. The highest BCUT2D eigenvalue weighted by molar-refractivity contribution is 7.90. The first-order valence-corrected chi connectivity index (χ1v) is 8.58. The molecular formula is C16H13N3O5S. The average Bonchev–Trinajstić information content (AvgIpc) is 2.56. The summed E-state index contributed by atoms with van der Waals surface area (Å²) in [5.41, 5.74) is 5.24. The number of aryl methyl sites for hydroxylation is 1. The predicted octanol–water partition coefficient (Wildman–Crippen LogP) is 2.04. The molecule has 128 valence electrons. The number of nitrogens with two attached hydrogens (primary N) is 1. The minimum Gasteiger partial charge on any atom is -0.399 e. The third-order valence-corrected chi connectivity index (χ3v) is 5.43. The van der Waals surface area contributed by atoms with Crippen molar-refractivity contribution in [2.45, 2.75) is 11.8 Å². The zero-order chi connectivity index (χ0) is 18.4. The summed E-state index contributed by atoms with van der Waals surface area (Å²) in [6, 6.07) is 10.7. The Kier molecular flexibility index (Phi) is 3.80. The van der Waals surface area contributed by atoms with Crippen molar-refractivity contribution in [3.05, 3.63) is 74.6 Å². The molecule has 0 atom stereocenters. The first kappa shape index (κ1) is 16.7. The number of aromatic nitrogens is 1. The second kappa shape index (κ2) is 5.71. The maximum absolute atomic E-state index is 13.0. The minimum atomic E-state index is -4.35. The van der Waals surface area contributed by atoms with Gasteiger partial charge >= 0.3 is 0 Å². The Morgan fingerprint density at radius 1 is 1.12 bits per heavy atom. The van der Waals surface area contributed by atoms with Crippen LogP contribution in [0.15, 0.2) is 58.2 Å². The van der Waals surface area contributed by atoms with Crippen molar-refractivity contribution in [2.75, 3.05) is 5.73 Å². The summed E-state index contributed by atoms with van der Waals surface area (Å²) >= 11 is 0. The standard InChI is InChI=1S/C16H13N3O5S/c1-10-7-11-5-6-12(17)8-15(11)18(16(10)20)25(23,24)14-4-2-3-13(9-14)19(21)22/h2-9H,17H2,1H3. The lowest BCUT2D eigenvalue weighted by molar-refractivity contribution is -0.385. The van der Waals surface area contributed by atoms with E-state index in [2.05, 4.69) is 0 Å². The smallest absolute Gasteiger partial charge is 0.271 e. The van der Waals surface area contributed by atoms with Gasteiger partial charge in [0.1, 0.15) is 0 Å². The van der Waals surface area contributed by atoms with E-state index in [4.69, 9.17) is 5.73 Å². The highest BCUT2D eigenvalue weighted by Gasteiger charge is 2.24. The van der Waals surface area contributed by atoms with E-state index in [-0.39, 0.29) is 21.7 Å². The van der Waals surface area contributed by atoms with Crippen LogP contribution in [0.5, 0.6) is 0 Å². The van der Waals surface area contributed by atoms with Crippen LogP contribution in [-0.2, 0) is 10.0 Å². The zero-order valence-corrected chi connectivity index (χ0v) is 13.9. The number of benzene rings is 2. The van der Waals surface area contributed by atoms with Gasteiger partial charge in [-0.25, -0.2) is 8.42 Å². The van der Waals surface area contributed by atoms with E-state index in [0.717, 1.165) is 6.07 Å². The second-order valence-corrected chi connectivity index (χ2v) is 7.26. The molecule has 8 nitrogen and oxygen atoms in total. The largest absolute Gasteiger partial charge is 0.399 e. The van der Waals surface area contributed by atoms with Gasteiger partial charge < -0.3 is 5.73 Å². The molecule has 0 aliphatic rings. The van der Waals surface area contributed by atoms with Crippen LogP contribution in [0.3, 0.4) is 0 Å². The number of nitro benzene ring substituents is 1. The van der Waals surface area contributed by atoms with E-state index in [1.807, 2.05) is 0 Å². The maximum Gasteiger partial charge on any atom is 0.271 e. The summed E-state index contributed by atoms with van der Waals surface area (Å²) in [7, 11) is -4.35. The molecular weight excluding hydrogens is 346 g/mol. The van der Waals surface area contributed by atoms with Gasteiger partial charge in [-0.15, -0.1) is 0 Å². The van der Waals surface area contributed by atoms with Crippen molar-refractivity contribution in [1.29, 1.82) is 0 Å². The number of non-ortho nitro benzene ring substituents is 1. The van der Waals surface area contributed by atoms with Crippen LogP contribution in [0.25, 0.3) is 10.9 Å². The fourth-order valence-corrected chi connectivity index (χ4v) is 4.04. The molecule has 0 radical (unpaired) electrons. The number of nitrogens with zero attached hydrogens (tertiary/aromatic N) is 2. The number of hydrogen-bond acceptors (Lipinski definition) is 6. The Bertz CT molecular complexity index is 1180. The van der Waals surface area contributed by atoms with E-state index >= 15 is 0 Å². The molecule has 0 fully saturated rings. The molecule has 9 heteroatoms. The highest BCUT2D eigenvalue weighted by atomic mass is 32.2. The number of nitro groups is 1. The predicted molar refractivity (Wildman–Crippen MR) is 93.0 cm³/mol. The van der Waals surface area contributed by atoms with Crippen molar-refractivity contribution in [2.24, 2.45) is 0 Å². The van der Waals surface area contributed by atoms with Crippen molar-refractivity contribution < 1.29 is 13.3 Å². The summed E-state index contributed by atoms with van der Waals surface area (Å²) in [6.45, 7) is 1.50. The Labute approximate surface area is 142 Å². The number of rotatable bonds is 3. The summed E-state index contributed by atoms with van der Waals surface area (Å²) in [5.74, 6) is 0. The fraction of sp³-hybridized carbons (Fsp3) is 0.0625. The van der Waals surface area contributed by atoms with Crippen LogP contribution in [0.2, 0.25) is 0 Å². The highest BCUT2D eigenvalue weighted by Crippen LogP contribution is 2.24. The Balaban J connectivity index is 2.40. The number of pyridine rings is 1. The zero-order valence-electron chi connectivity index (χ0n) is 13.0. The molecule has 1 heterocycles. The quantitative estimate of drug-likeness (QED) is 0.433. The van der Waals surface area contributed by atoms with Crippen LogP contribution < -0.4 is 11.3 Å². The van der Waals surface area contributed by atoms with E-state index in [1.54, 1.807) is 18.2 Å². The minimum absolute atomic E-state index is 0.113. The van der Waals surface area contributed by atoms with Gasteiger partial charge in [-0.05, 0) is 36.6 Å². The van der Waals surface area contributed by atoms with Crippen molar-refractivity contribution >= 4 is 32.3 Å². The van der Waals surface area contributed by atoms with Gasteiger partial charge in [-0.3, -0.25) is 14.9 Å². The normalized spacial score (nSPS) is 11.6. The van der Waals surface area contributed by atoms with Gasteiger partial charge in [-0.2, -0.15) is 3.97 Å². The molecule has 2 aromatic carbocycles. The number of fused-ring (bicyclic) bond motifs is 1. The van der Waals surface area contributed by atoms with Gasteiger partial charge in [-0.1, -0.05) is 12.1 Å². The molecule has 0 saturated heterocycles. The van der Waals surface area contributed by atoms with Crippen LogP contribution in [0.1, 0.15) is 5.56 Å². The maximum atomic E-state index is 13.0. The molecule has 0 unspecified atom stereocenters. The van der Waals surface area contributed by atoms with E-state index in [1.165, 1.54) is 31.2 Å². The number of anilines is 1. The Morgan fingerprint density at radius 3 is 2.52 bits per heavy atom. The summed E-state index contributed by atoms with van der Waals surface area (Å²) in [5, 5.41) is 11.4. The SMILES string of the molecule is Cc1cc2ccc(N)cc2n(S(=O)(=O)c2cccc([N+](=O)[O-])c2)c1=O. The van der Waals surface area contributed by atoms with Gasteiger partial charge in [0.15, 0.2) is 0 Å². The van der Waals surface area contributed by atoms with Crippen LogP contribution in [-0.4, -0.2) is 17.3 Å². The third-order valence-electron chi connectivity index (χ3n) is 3.73. The molecule has 0 aliphatic heterocycles. The molecule has 2 N–H and O–H groups in total. The van der Waals surface area contributed by atoms with Crippen molar-refractivity contribution in [3.63, 3.8) is 0 Å². The monoisotopic (exact) mass is 359 g/mol. The van der Waals surface area contributed by atoms with Crippen LogP contribution >= 0.6 is 0 Å². The van der Waals surface area contributed by atoms with Gasteiger partial charge in [0.25, 0.3) is 21.3 Å². The topological polar surface area (TPSA) is 125 Å². The molecule has 0 aliphatic carbocycles. The van der Waals surface area contributed by atoms with E-state index in [0.29, 0.717) is 15.0 Å². The third kappa shape index (κ3) is 2.74. The molecule has 0 spiro atoms. The number of nitrogen functional groups attached to an aromatic ring is 1. The van der Waals surface area contributed by atoms with Gasteiger partial charge in [0, 0.05) is 23.4 Å². The Hall–Kier alpha value is -3.20. The Morgan fingerprint density at radius 2 is 1.84 bits per heavy atom. The van der Waals surface area contributed by atoms with Crippen LogP contribution in [0, 0.1) is 17.0 Å². The van der Waals surface area contributed by atoms with Gasteiger partial charge in [0.2, 0.25) is 0 Å². The molecule has 3 aromatic rings. The molecule has 0 amide bonds. The summed E-state index contributed by atoms with van der Waals surface area (Å²) < 4.78 is 26.6. The van der Waals surface area contributed by atoms with Crippen LogP contribution in [0.4, 0.5) is 11.4 Å². The molecule has 25 heavy (non-hydrogen) atoms. The molecule has 3 rings (SSSR count). The first-order chi connectivity index (χ1) is 11.7.